The van der Waals surface area contributed by atoms with Gasteiger partial charge in [0.15, 0.2) is 0 Å². The van der Waals surface area contributed by atoms with Crippen LogP contribution in [0.3, 0.4) is 0 Å². The average Bonchev–Trinajstić information content (AvgIpc) is 2.33. The lowest BCUT2D eigenvalue weighted by Crippen LogP contribution is -2.36. The molecule has 1 aromatic rings. The molecular formula is C13H16ClFN2O3. The van der Waals surface area contributed by atoms with Crippen LogP contribution in [-0.2, 0) is 4.79 Å². The smallest absolute Gasteiger partial charge is 0.319 e. The number of amides is 2. The third kappa shape index (κ3) is 5.88. The number of rotatable bonds is 6. The Morgan fingerprint density at radius 2 is 2.15 bits per heavy atom. The van der Waals surface area contributed by atoms with Gasteiger partial charge in [0, 0.05) is 18.2 Å². The van der Waals surface area contributed by atoms with Crippen LogP contribution in [-0.4, -0.2) is 23.1 Å². The highest BCUT2D eigenvalue weighted by Crippen LogP contribution is 2.19. The van der Waals surface area contributed by atoms with Gasteiger partial charge in [-0.05, 0) is 38.0 Å². The van der Waals surface area contributed by atoms with Crippen molar-refractivity contribution in [2.24, 2.45) is 0 Å². The number of halogens is 2. The maximum atomic E-state index is 12.9. The summed E-state index contributed by atoms with van der Waals surface area (Å²) in [6.07, 6.45) is 1.12. The summed E-state index contributed by atoms with van der Waals surface area (Å²) in [7, 11) is 0. The van der Waals surface area contributed by atoms with Crippen LogP contribution >= 0.6 is 11.6 Å². The topological polar surface area (TPSA) is 78.4 Å². The zero-order chi connectivity index (χ0) is 15.1. The molecule has 1 aromatic carbocycles. The SMILES string of the molecule is CC(CCCC(=O)O)NC(=O)Nc1ccc(F)c(Cl)c1. The highest BCUT2D eigenvalue weighted by Gasteiger charge is 2.09. The van der Waals surface area contributed by atoms with Crippen molar-refractivity contribution in [2.45, 2.75) is 32.2 Å². The molecular weight excluding hydrogens is 287 g/mol. The van der Waals surface area contributed by atoms with Crippen molar-refractivity contribution in [1.29, 1.82) is 0 Å². The lowest BCUT2D eigenvalue weighted by atomic mass is 10.1. The van der Waals surface area contributed by atoms with Gasteiger partial charge in [-0.2, -0.15) is 0 Å². The number of carboxylic acid groups (broad SMARTS) is 1. The Labute approximate surface area is 121 Å². The third-order valence-electron chi connectivity index (χ3n) is 2.58. The Hall–Kier alpha value is -1.82. The van der Waals surface area contributed by atoms with E-state index in [0.29, 0.717) is 18.5 Å². The van der Waals surface area contributed by atoms with Crippen molar-refractivity contribution >= 4 is 29.3 Å². The van der Waals surface area contributed by atoms with Gasteiger partial charge in [0.2, 0.25) is 0 Å². The molecule has 0 aliphatic heterocycles. The molecule has 5 nitrogen and oxygen atoms in total. The molecule has 0 radical (unpaired) electrons. The van der Waals surface area contributed by atoms with Gasteiger partial charge in [0.05, 0.1) is 5.02 Å². The molecule has 3 N–H and O–H groups in total. The van der Waals surface area contributed by atoms with E-state index < -0.39 is 17.8 Å². The number of anilines is 1. The first-order chi connectivity index (χ1) is 9.38. The fourth-order valence-corrected chi connectivity index (χ4v) is 1.78. The van der Waals surface area contributed by atoms with E-state index in [1.165, 1.54) is 12.1 Å². The Bertz CT molecular complexity index is 497. The van der Waals surface area contributed by atoms with Crippen LogP contribution in [0.4, 0.5) is 14.9 Å². The minimum absolute atomic E-state index is 0.0706. The molecule has 0 spiro atoms. The molecule has 0 fully saturated rings. The molecule has 1 unspecified atom stereocenters. The fourth-order valence-electron chi connectivity index (χ4n) is 1.60. The third-order valence-corrected chi connectivity index (χ3v) is 2.87. The zero-order valence-corrected chi connectivity index (χ0v) is 11.7. The van der Waals surface area contributed by atoms with Crippen molar-refractivity contribution in [1.82, 2.24) is 5.32 Å². The summed E-state index contributed by atoms with van der Waals surface area (Å²) in [4.78, 5) is 22.0. The number of benzene rings is 1. The first-order valence-corrected chi connectivity index (χ1v) is 6.50. The number of hydrogen-bond acceptors (Lipinski definition) is 2. The van der Waals surface area contributed by atoms with Crippen molar-refractivity contribution in [3.63, 3.8) is 0 Å². The molecule has 2 amide bonds. The minimum Gasteiger partial charge on any atom is -0.481 e. The van der Waals surface area contributed by atoms with E-state index in [4.69, 9.17) is 16.7 Å². The van der Waals surface area contributed by atoms with Gasteiger partial charge in [-0.15, -0.1) is 0 Å². The van der Waals surface area contributed by atoms with Gasteiger partial charge in [0.1, 0.15) is 5.82 Å². The number of aliphatic carboxylic acids is 1. The number of urea groups is 1. The van der Waals surface area contributed by atoms with Crippen LogP contribution in [0.5, 0.6) is 0 Å². The molecule has 110 valence electrons. The Kier molecular flexibility index (Phi) is 6.24. The van der Waals surface area contributed by atoms with E-state index in [2.05, 4.69) is 10.6 Å². The molecule has 20 heavy (non-hydrogen) atoms. The quantitative estimate of drug-likeness (QED) is 0.755. The fraction of sp³-hybridized carbons (Fsp3) is 0.385. The van der Waals surface area contributed by atoms with E-state index in [1.54, 1.807) is 6.92 Å². The van der Waals surface area contributed by atoms with E-state index in [-0.39, 0.29) is 17.5 Å². The second-order valence-corrected chi connectivity index (χ2v) is 4.82. The molecule has 0 aliphatic carbocycles. The maximum absolute atomic E-state index is 12.9. The Balaban J connectivity index is 2.38. The lowest BCUT2D eigenvalue weighted by Gasteiger charge is -2.14. The number of carbonyl (C=O) groups excluding carboxylic acids is 1. The minimum atomic E-state index is -0.859. The van der Waals surface area contributed by atoms with Gasteiger partial charge in [-0.1, -0.05) is 11.6 Å². The molecule has 0 aliphatic rings. The Morgan fingerprint density at radius 3 is 2.75 bits per heavy atom. The molecule has 7 heteroatoms. The normalized spacial score (nSPS) is 11.8. The van der Waals surface area contributed by atoms with Crippen LogP contribution in [0.1, 0.15) is 26.2 Å². The van der Waals surface area contributed by atoms with Crippen molar-refractivity contribution in [3.05, 3.63) is 29.0 Å². The summed E-state index contributed by atoms with van der Waals surface area (Å²) in [6, 6.07) is 3.26. The standard InChI is InChI=1S/C13H16ClFN2O3/c1-8(3-2-4-12(18)19)16-13(20)17-9-5-6-11(15)10(14)7-9/h5-8H,2-4H2,1H3,(H,18,19)(H2,16,17,20). The summed E-state index contributed by atoms with van der Waals surface area (Å²) >= 11 is 5.60. The number of hydrogen-bond donors (Lipinski definition) is 3. The van der Waals surface area contributed by atoms with Crippen LogP contribution in [0.25, 0.3) is 0 Å². The highest BCUT2D eigenvalue weighted by molar-refractivity contribution is 6.31. The van der Waals surface area contributed by atoms with E-state index in [1.807, 2.05) is 0 Å². The van der Waals surface area contributed by atoms with Crippen LogP contribution in [0.2, 0.25) is 5.02 Å². The summed E-state index contributed by atoms with van der Waals surface area (Å²) in [5.74, 6) is -1.41. The molecule has 0 aromatic heterocycles. The predicted octanol–water partition coefficient (Wildman–Crippen LogP) is 3.24. The summed E-state index contributed by atoms with van der Waals surface area (Å²) in [6.45, 7) is 1.78. The van der Waals surface area contributed by atoms with E-state index in [9.17, 15) is 14.0 Å². The number of carboxylic acids is 1. The van der Waals surface area contributed by atoms with Gasteiger partial charge < -0.3 is 15.7 Å². The first kappa shape index (κ1) is 16.2. The molecule has 1 rings (SSSR count). The zero-order valence-electron chi connectivity index (χ0n) is 11.0. The van der Waals surface area contributed by atoms with Gasteiger partial charge in [-0.25, -0.2) is 9.18 Å². The van der Waals surface area contributed by atoms with Crippen molar-refractivity contribution in [3.8, 4) is 0 Å². The largest absolute Gasteiger partial charge is 0.481 e. The number of carbonyl (C=O) groups is 2. The van der Waals surface area contributed by atoms with E-state index in [0.717, 1.165) is 6.07 Å². The van der Waals surface area contributed by atoms with Crippen LogP contribution < -0.4 is 10.6 Å². The lowest BCUT2D eigenvalue weighted by molar-refractivity contribution is -0.137. The average molecular weight is 303 g/mol. The summed E-state index contributed by atoms with van der Waals surface area (Å²) in [5, 5.41) is 13.6. The van der Waals surface area contributed by atoms with Gasteiger partial charge >= 0.3 is 12.0 Å². The molecule has 0 saturated carbocycles. The van der Waals surface area contributed by atoms with Gasteiger partial charge in [0.25, 0.3) is 0 Å². The molecule has 0 bridgehead atoms. The maximum Gasteiger partial charge on any atom is 0.319 e. The van der Waals surface area contributed by atoms with E-state index >= 15 is 0 Å². The molecule has 1 atom stereocenters. The second kappa shape index (κ2) is 7.69. The second-order valence-electron chi connectivity index (χ2n) is 4.41. The Morgan fingerprint density at radius 1 is 1.45 bits per heavy atom. The van der Waals surface area contributed by atoms with Crippen molar-refractivity contribution < 1.29 is 19.1 Å². The summed E-state index contributed by atoms with van der Waals surface area (Å²) in [5.41, 5.74) is 0.381. The molecule has 0 saturated heterocycles. The first-order valence-electron chi connectivity index (χ1n) is 6.13. The highest BCUT2D eigenvalue weighted by atomic mass is 35.5. The van der Waals surface area contributed by atoms with Crippen molar-refractivity contribution in [2.75, 3.05) is 5.32 Å². The van der Waals surface area contributed by atoms with Gasteiger partial charge in [-0.3, -0.25) is 4.79 Å². The summed E-state index contributed by atoms with van der Waals surface area (Å²) < 4.78 is 12.9. The monoisotopic (exact) mass is 302 g/mol. The van der Waals surface area contributed by atoms with Crippen LogP contribution in [0.15, 0.2) is 18.2 Å². The predicted molar refractivity (Wildman–Crippen MR) is 74.5 cm³/mol. The van der Waals surface area contributed by atoms with Crippen LogP contribution in [0, 0.1) is 5.82 Å². The molecule has 0 heterocycles. The number of nitrogens with one attached hydrogen (secondary N) is 2.